The maximum absolute atomic E-state index is 13.3. The minimum absolute atomic E-state index is 0.250. The molecule has 0 unspecified atom stereocenters. The molecule has 27 heavy (non-hydrogen) atoms. The van der Waals surface area contributed by atoms with E-state index >= 15 is 0 Å². The van der Waals surface area contributed by atoms with Crippen molar-refractivity contribution in [2.45, 2.75) is 0 Å². The Balaban J connectivity index is 1.66. The first kappa shape index (κ1) is 17.3. The van der Waals surface area contributed by atoms with Gasteiger partial charge in [-0.05, 0) is 36.4 Å². The van der Waals surface area contributed by atoms with Crippen LogP contribution in [0.4, 0.5) is 9.52 Å². The number of nitrogens with one attached hydrogen (secondary N) is 1. The summed E-state index contributed by atoms with van der Waals surface area (Å²) in [6.07, 6.45) is 1.45. The molecule has 1 N–H and O–H groups in total. The van der Waals surface area contributed by atoms with Crippen LogP contribution < -0.4 is 10.7 Å². The zero-order valence-corrected chi connectivity index (χ0v) is 15.1. The molecule has 0 atom stereocenters. The van der Waals surface area contributed by atoms with Crippen LogP contribution in [0.5, 0.6) is 0 Å². The van der Waals surface area contributed by atoms with Crippen molar-refractivity contribution in [3.05, 3.63) is 81.5 Å². The molecule has 0 saturated heterocycles. The van der Waals surface area contributed by atoms with Crippen LogP contribution in [0.3, 0.4) is 0 Å². The molecule has 134 valence electrons. The van der Waals surface area contributed by atoms with Gasteiger partial charge in [-0.1, -0.05) is 29.0 Å². The van der Waals surface area contributed by atoms with Gasteiger partial charge in [-0.25, -0.2) is 14.1 Å². The monoisotopic (exact) mass is 400 g/mol. The second kappa shape index (κ2) is 6.90. The van der Waals surface area contributed by atoms with E-state index < -0.39 is 17.2 Å². The predicted molar refractivity (Wildman–Crippen MR) is 102 cm³/mol. The van der Waals surface area contributed by atoms with E-state index in [0.717, 1.165) is 11.3 Å². The quantitative estimate of drug-likeness (QED) is 0.566. The number of carbonyl (C=O) groups excluding carboxylic acids is 1. The van der Waals surface area contributed by atoms with E-state index in [4.69, 9.17) is 11.6 Å². The van der Waals surface area contributed by atoms with Gasteiger partial charge in [-0.15, -0.1) is 0 Å². The third-order valence-electron chi connectivity index (χ3n) is 3.67. The van der Waals surface area contributed by atoms with E-state index in [1.54, 1.807) is 24.3 Å². The van der Waals surface area contributed by atoms with Gasteiger partial charge in [0.1, 0.15) is 5.82 Å². The molecule has 0 aliphatic heterocycles. The third-order valence-corrected chi connectivity index (χ3v) is 4.84. The molecule has 9 heteroatoms. The third kappa shape index (κ3) is 3.57. The lowest BCUT2D eigenvalue weighted by Gasteiger charge is -2.07. The van der Waals surface area contributed by atoms with Crippen molar-refractivity contribution in [2.24, 2.45) is 0 Å². The number of hydrogen-bond acceptors (Lipinski definition) is 5. The van der Waals surface area contributed by atoms with E-state index in [0.29, 0.717) is 20.9 Å². The summed E-state index contributed by atoms with van der Waals surface area (Å²) in [7, 11) is 0. The van der Waals surface area contributed by atoms with E-state index in [1.165, 1.54) is 35.1 Å². The highest BCUT2D eigenvalue weighted by atomic mass is 35.5. The maximum Gasteiger partial charge on any atom is 0.281 e. The number of carbonyl (C=O) groups is 1. The van der Waals surface area contributed by atoms with Gasteiger partial charge in [0.2, 0.25) is 5.43 Å². The lowest BCUT2D eigenvalue weighted by atomic mass is 10.3. The number of thiazole rings is 1. The van der Waals surface area contributed by atoms with Gasteiger partial charge in [0.05, 0.1) is 15.9 Å². The molecule has 0 aliphatic rings. The van der Waals surface area contributed by atoms with Crippen LogP contribution in [0.2, 0.25) is 5.02 Å². The van der Waals surface area contributed by atoms with Crippen LogP contribution in [-0.4, -0.2) is 20.7 Å². The number of amides is 1. The van der Waals surface area contributed by atoms with Crippen LogP contribution >= 0.6 is 22.9 Å². The fourth-order valence-corrected chi connectivity index (χ4v) is 3.51. The summed E-state index contributed by atoms with van der Waals surface area (Å²) in [5, 5.41) is 7.39. The van der Waals surface area contributed by atoms with Gasteiger partial charge >= 0.3 is 0 Å². The Morgan fingerprint density at radius 1 is 1.19 bits per heavy atom. The van der Waals surface area contributed by atoms with Crippen LogP contribution in [-0.2, 0) is 0 Å². The van der Waals surface area contributed by atoms with Crippen LogP contribution in [0.15, 0.2) is 59.5 Å². The highest BCUT2D eigenvalue weighted by Gasteiger charge is 2.16. The largest absolute Gasteiger partial charge is 0.296 e. The van der Waals surface area contributed by atoms with Gasteiger partial charge in [-0.3, -0.25) is 14.9 Å². The van der Waals surface area contributed by atoms with Gasteiger partial charge in [-0.2, -0.15) is 5.10 Å². The van der Waals surface area contributed by atoms with Crippen LogP contribution in [0.25, 0.3) is 15.9 Å². The second-order valence-corrected chi connectivity index (χ2v) is 7.01. The Kier molecular flexibility index (Phi) is 4.43. The number of rotatable bonds is 3. The average Bonchev–Trinajstić information content (AvgIpc) is 3.03. The summed E-state index contributed by atoms with van der Waals surface area (Å²) < 4.78 is 15.3. The molecule has 0 radical (unpaired) electrons. The number of halogens is 2. The summed E-state index contributed by atoms with van der Waals surface area (Å²) in [4.78, 5) is 28.8. The Hall–Kier alpha value is -3.10. The van der Waals surface area contributed by atoms with Crippen molar-refractivity contribution in [3.8, 4) is 5.69 Å². The summed E-state index contributed by atoms with van der Waals surface area (Å²) >= 11 is 7.08. The first-order chi connectivity index (χ1) is 13.0. The molecule has 2 aromatic carbocycles. The second-order valence-electron chi connectivity index (χ2n) is 5.54. The molecular weight excluding hydrogens is 391 g/mol. The normalized spacial score (nSPS) is 10.9. The van der Waals surface area contributed by atoms with Crippen molar-refractivity contribution in [1.29, 1.82) is 0 Å². The Bertz CT molecular complexity index is 1240. The fraction of sp³-hybridized carbons (Fsp3) is 0. The van der Waals surface area contributed by atoms with Gasteiger partial charge in [0, 0.05) is 17.3 Å². The molecule has 0 aliphatic carbocycles. The highest BCUT2D eigenvalue weighted by Crippen LogP contribution is 2.26. The van der Waals surface area contributed by atoms with Gasteiger partial charge in [0.25, 0.3) is 5.91 Å². The van der Waals surface area contributed by atoms with E-state index in [2.05, 4.69) is 15.4 Å². The molecule has 0 spiro atoms. The van der Waals surface area contributed by atoms with E-state index in [-0.39, 0.29) is 10.8 Å². The number of nitrogens with zero attached hydrogens (tertiary/aromatic N) is 3. The predicted octanol–water partition coefficient (Wildman–Crippen LogP) is 3.89. The first-order valence-corrected chi connectivity index (χ1v) is 8.92. The Morgan fingerprint density at radius 2 is 2.04 bits per heavy atom. The standard InChI is InChI=1S/C18H10ClFN4O2S/c19-10-2-1-3-12(8-10)24-7-6-14(25)16(23-24)17(26)22-18-21-13-5-4-11(20)9-15(13)27-18/h1-9H,(H,21,22,26). The lowest BCUT2D eigenvalue weighted by molar-refractivity contribution is 0.101. The van der Waals surface area contributed by atoms with Crippen molar-refractivity contribution in [2.75, 3.05) is 5.32 Å². The molecule has 0 bridgehead atoms. The Labute approximate surface area is 160 Å². The molecule has 0 fully saturated rings. The number of anilines is 1. The van der Waals surface area contributed by atoms with Gasteiger partial charge in [0.15, 0.2) is 10.8 Å². The summed E-state index contributed by atoms with van der Waals surface area (Å²) in [5.41, 5.74) is 0.335. The fourth-order valence-electron chi connectivity index (χ4n) is 2.44. The minimum atomic E-state index is -0.698. The number of fused-ring (bicyclic) bond motifs is 1. The molecule has 0 saturated carbocycles. The lowest BCUT2D eigenvalue weighted by Crippen LogP contribution is -2.25. The molecule has 6 nitrogen and oxygen atoms in total. The zero-order chi connectivity index (χ0) is 19.0. The minimum Gasteiger partial charge on any atom is -0.296 e. The van der Waals surface area contributed by atoms with Crippen molar-refractivity contribution in [1.82, 2.24) is 14.8 Å². The SMILES string of the molecule is O=C(Nc1nc2ccc(F)cc2s1)c1nn(-c2cccc(Cl)c2)ccc1=O. The van der Waals surface area contributed by atoms with Crippen molar-refractivity contribution < 1.29 is 9.18 Å². The molecule has 1 amide bonds. The molecular formula is C18H10ClFN4O2S. The molecule has 2 heterocycles. The first-order valence-electron chi connectivity index (χ1n) is 7.73. The average molecular weight is 401 g/mol. The summed E-state index contributed by atoms with van der Waals surface area (Å²) in [5.74, 6) is -1.09. The van der Waals surface area contributed by atoms with Gasteiger partial charge < -0.3 is 0 Å². The molecule has 2 aromatic heterocycles. The Morgan fingerprint density at radius 3 is 2.85 bits per heavy atom. The highest BCUT2D eigenvalue weighted by molar-refractivity contribution is 7.22. The summed E-state index contributed by atoms with van der Waals surface area (Å²) in [6, 6.07) is 12.2. The van der Waals surface area contributed by atoms with E-state index in [9.17, 15) is 14.0 Å². The van der Waals surface area contributed by atoms with Crippen molar-refractivity contribution >= 4 is 44.2 Å². The van der Waals surface area contributed by atoms with Crippen molar-refractivity contribution in [3.63, 3.8) is 0 Å². The van der Waals surface area contributed by atoms with Crippen LogP contribution in [0, 0.1) is 5.82 Å². The molecule has 4 aromatic rings. The van der Waals surface area contributed by atoms with Crippen LogP contribution in [0.1, 0.15) is 10.5 Å². The maximum atomic E-state index is 13.3. The molecule has 4 rings (SSSR count). The van der Waals surface area contributed by atoms with E-state index in [1.807, 2.05) is 0 Å². The number of benzene rings is 2. The zero-order valence-electron chi connectivity index (χ0n) is 13.5. The summed E-state index contributed by atoms with van der Waals surface area (Å²) in [6.45, 7) is 0. The number of hydrogen-bond donors (Lipinski definition) is 1. The smallest absolute Gasteiger partial charge is 0.281 e. The number of aromatic nitrogens is 3. The topological polar surface area (TPSA) is 76.9 Å².